The summed E-state index contributed by atoms with van der Waals surface area (Å²) in [4.78, 5) is 8.58. The molecule has 0 saturated carbocycles. The molecular formula is C18H11F3N3O+. The van der Waals surface area contributed by atoms with Gasteiger partial charge in [-0.15, -0.1) is 0 Å². The average Bonchev–Trinajstić information content (AvgIpc) is 3.19. The lowest BCUT2D eigenvalue weighted by molar-refractivity contribution is -0.336. The molecule has 0 bridgehead atoms. The minimum atomic E-state index is -4.42. The fourth-order valence-electron chi connectivity index (χ4n) is 2.58. The Balaban J connectivity index is 1.76. The van der Waals surface area contributed by atoms with Crippen molar-refractivity contribution < 1.29 is 22.2 Å². The first-order valence-electron chi connectivity index (χ1n) is 7.34. The molecule has 3 heterocycles. The maximum absolute atomic E-state index is 12.8. The van der Waals surface area contributed by atoms with E-state index >= 15 is 0 Å². The summed E-state index contributed by atoms with van der Waals surface area (Å²) in [6.45, 7) is 3.85. The number of alkyl halides is 3. The van der Waals surface area contributed by atoms with Crippen LogP contribution in [0.15, 0.2) is 59.3 Å². The van der Waals surface area contributed by atoms with Gasteiger partial charge in [0.25, 0.3) is 0 Å². The van der Waals surface area contributed by atoms with Crippen molar-refractivity contribution in [1.82, 2.24) is 9.97 Å². The largest absolute Gasteiger partial charge is 0.453 e. The number of allylic oxidation sites excluding steroid dienone is 2. The van der Waals surface area contributed by atoms with Crippen LogP contribution in [0.5, 0.6) is 0 Å². The molecule has 0 amide bonds. The summed E-state index contributed by atoms with van der Waals surface area (Å²) in [5.41, 5.74) is 0.811. The van der Waals surface area contributed by atoms with Crippen molar-refractivity contribution in [3.8, 4) is 11.6 Å². The molecule has 2 aromatic heterocycles. The van der Waals surface area contributed by atoms with Gasteiger partial charge in [-0.1, -0.05) is 6.07 Å². The molecular weight excluding hydrogens is 331 g/mol. The van der Waals surface area contributed by atoms with Gasteiger partial charge in [0.1, 0.15) is 18.0 Å². The zero-order valence-corrected chi connectivity index (χ0v) is 12.8. The highest BCUT2D eigenvalue weighted by atomic mass is 19.4. The van der Waals surface area contributed by atoms with Crippen molar-refractivity contribution in [3.63, 3.8) is 0 Å². The molecule has 4 rings (SSSR count). The molecule has 1 aliphatic heterocycles. The number of halogens is 3. The van der Waals surface area contributed by atoms with Crippen LogP contribution in [0.2, 0.25) is 0 Å². The van der Waals surface area contributed by atoms with Crippen LogP contribution >= 0.6 is 0 Å². The predicted octanol–water partition coefficient (Wildman–Crippen LogP) is 4.49. The lowest BCUT2D eigenvalue weighted by Gasteiger charge is -2.04. The maximum atomic E-state index is 12.8. The molecule has 124 valence electrons. The van der Waals surface area contributed by atoms with E-state index in [9.17, 15) is 13.2 Å². The average molecular weight is 342 g/mol. The summed E-state index contributed by atoms with van der Waals surface area (Å²) in [5.74, 6) is 0.599. The van der Waals surface area contributed by atoms with Gasteiger partial charge >= 0.3 is 6.18 Å². The van der Waals surface area contributed by atoms with Crippen LogP contribution in [-0.2, 0) is 6.18 Å². The van der Waals surface area contributed by atoms with E-state index in [0.717, 1.165) is 17.8 Å². The highest BCUT2D eigenvalue weighted by Gasteiger charge is 2.31. The topological polar surface area (TPSA) is 41.9 Å². The number of nitrogens with zero attached hydrogens (tertiary/aromatic N) is 3. The van der Waals surface area contributed by atoms with E-state index in [1.807, 2.05) is 12.2 Å². The van der Waals surface area contributed by atoms with Gasteiger partial charge in [-0.3, -0.25) is 0 Å². The molecule has 0 atom stereocenters. The summed E-state index contributed by atoms with van der Waals surface area (Å²) in [5, 5.41) is 0.553. The minimum Gasteiger partial charge on any atom is -0.453 e. The van der Waals surface area contributed by atoms with E-state index in [-0.39, 0.29) is 5.58 Å². The molecule has 0 fully saturated rings. The number of furan rings is 1. The zero-order valence-electron chi connectivity index (χ0n) is 12.8. The number of fused-ring (bicyclic) bond motifs is 1. The molecule has 7 heteroatoms. The van der Waals surface area contributed by atoms with Crippen molar-refractivity contribution in [1.29, 1.82) is 0 Å². The molecule has 0 spiro atoms. The fraction of sp³-hybridized carbons (Fsp3) is 0.0556. The first-order valence-corrected chi connectivity index (χ1v) is 7.34. The normalized spacial score (nSPS) is 14.4. The van der Waals surface area contributed by atoms with Gasteiger partial charge in [0.2, 0.25) is 5.70 Å². The maximum Gasteiger partial charge on any atom is 0.416 e. The molecule has 0 unspecified atom stereocenters. The van der Waals surface area contributed by atoms with Crippen molar-refractivity contribution in [3.05, 3.63) is 66.1 Å². The smallest absolute Gasteiger partial charge is 0.416 e. The Labute approximate surface area is 140 Å². The second-order valence-electron chi connectivity index (χ2n) is 5.49. The number of hydrogen-bond donors (Lipinski definition) is 0. The Morgan fingerprint density at radius 1 is 1.12 bits per heavy atom. The van der Waals surface area contributed by atoms with Crippen molar-refractivity contribution in [2.75, 3.05) is 0 Å². The van der Waals surface area contributed by atoms with Gasteiger partial charge in [0, 0.05) is 23.7 Å². The Morgan fingerprint density at radius 3 is 2.68 bits per heavy atom. The van der Waals surface area contributed by atoms with Gasteiger partial charge in [-0.25, -0.2) is 9.97 Å². The minimum absolute atomic E-state index is 0.138. The van der Waals surface area contributed by atoms with Gasteiger partial charge in [-0.05, 0) is 24.3 Å². The summed E-state index contributed by atoms with van der Waals surface area (Å²) in [7, 11) is 0. The summed E-state index contributed by atoms with van der Waals surface area (Å²) < 4.78 is 45.7. The molecule has 1 aliphatic rings. The van der Waals surface area contributed by atoms with Crippen LogP contribution in [0.4, 0.5) is 13.2 Å². The number of hydrogen-bond acceptors (Lipinski definition) is 3. The quantitative estimate of drug-likeness (QED) is 0.645. The van der Waals surface area contributed by atoms with Crippen LogP contribution in [0.3, 0.4) is 0 Å². The van der Waals surface area contributed by atoms with Gasteiger partial charge in [-0.2, -0.15) is 17.7 Å². The second kappa shape index (κ2) is 5.41. The molecule has 25 heavy (non-hydrogen) atoms. The van der Waals surface area contributed by atoms with Crippen LogP contribution in [0.25, 0.3) is 28.3 Å². The van der Waals surface area contributed by atoms with Crippen molar-refractivity contribution in [2.24, 2.45) is 0 Å². The summed E-state index contributed by atoms with van der Waals surface area (Å²) in [6, 6.07) is 6.72. The second-order valence-corrected chi connectivity index (χ2v) is 5.49. The first-order chi connectivity index (χ1) is 11.9. The van der Waals surface area contributed by atoms with E-state index in [4.69, 9.17) is 4.42 Å². The molecule has 0 aliphatic carbocycles. The van der Waals surface area contributed by atoms with E-state index in [2.05, 4.69) is 16.7 Å². The van der Waals surface area contributed by atoms with Crippen LogP contribution in [-0.4, -0.2) is 21.3 Å². The fourth-order valence-corrected chi connectivity index (χ4v) is 2.58. The van der Waals surface area contributed by atoms with E-state index in [0.29, 0.717) is 22.7 Å². The number of rotatable bonds is 2. The Kier molecular flexibility index (Phi) is 3.31. The Bertz CT molecular complexity index is 1060. The van der Waals surface area contributed by atoms with E-state index < -0.39 is 11.7 Å². The number of aromatic nitrogens is 2. The van der Waals surface area contributed by atoms with Crippen LogP contribution in [0, 0.1) is 0 Å². The van der Waals surface area contributed by atoms with E-state index in [1.54, 1.807) is 29.1 Å². The standard InChI is InChI=1S/C18H11F3N3O/c1-24-8-2-3-14(24)13-6-7-22-17(23-13)16-9-11-4-5-12(18(19,20)21)10-15(11)25-16/h2-10H,1H2/q+1. The molecule has 0 radical (unpaired) electrons. The summed E-state index contributed by atoms with van der Waals surface area (Å²) >= 11 is 0. The first kappa shape index (κ1) is 15.3. The lowest BCUT2D eigenvalue weighted by Crippen LogP contribution is -2.03. The van der Waals surface area contributed by atoms with Crippen molar-refractivity contribution in [2.45, 2.75) is 6.18 Å². The molecule has 0 N–H and O–H groups in total. The molecule has 3 aromatic rings. The Hall–Kier alpha value is -3.22. The lowest BCUT2D eigenvalue weighted by atomic mass is 10.1. The highest BCUT2D eigenvalue weighted by molar-refractivity contribution is 5.82. The molecule has 4 nitrogen and oxygen atoms in total. The predicted molar refractivity (Wildman–Crippen MR) is 86.7 cm³/mol. The highest BCUT2D eigenvalue weighted by Crippen LogP contribution is 2.34. The third-order valence-electron chi connectivity index (χ3n) is 3.82. The SMILES string of the molecule is C=[N+]1C=CC=C1c1ccnc(-c2cc3ccc(C(F)(F)F)cc3o2)n1. The van der Waals surface area contributed by atoms with Gasteiger partial charge < -0.3 is 4.42 Å². The molecule has 1 aromatic carbocycles. The third-order valence-corrected chi connectivity index (χ3v) is 3.82. The third kappa shape index (κ3) is 2.73. The van der Waals surface area contributed by atoms with Crippen LogP contribution in [0.1, 0.15) is 11.3 Å². The van der Waals surface area contributed by atoms with Crippen molar-refractivity contribution >= 4 is 23.4 Å². The summed E-state index contributed by atoms with van der Waals surface area (Å²) in [6.07, 6.45) is 2.63. The molecule has 0 saturated heterocycles. The zero-order chi connectivity index (χ0) is 17.6. The Morgan fingerprint density at radius 2 is 1.96 bits per heavy atom. The number of benzene rings is 1. The monoisotopic (exact) mass is 342 g/mol. The van der Waals surface area contributed by atoms with Gasteiger partial charge in [0.15, 0.2) is 17.8 Å². The van der Waals surface area contributed by atoms with E-state index in [1.165, 1.54) is 6.07 Å². The van der Waals surface area contributed by atoms with Gasteiger partial charge in [0.05, 0.1) is 5.56 Å². The van der Waals surface area contributed by atoms with Crippen LogP contribution < -0.4 is 0 Å².